The van der Waals surface area contributed by atoms with Crippen molar-refractivity contribution in [2.24, 2.45) is 10.9 Å². The Hall–Kier alpha value is -1.75. The van der Waals surface area contributed by atoms with Crippen LogP contribution in [-0.4, -0.2) is 49.7 Å². The SMILES string of the molecule is CCN1CCC(CNC(=NC)NCc2ccccc2OC(C)(C)C)C1. The summed E-state index contributed by atoms with van der Waals surface area (Å²) < 4.78 is 6.06. The van der Waals surface area contributed by atoms with Crippen LogP contribution in [0.4, 0.5) is 0 Å². The number of likely N-dealkylation sites (tertiary alicyclic amines) is 1. The van der Waals surface area contributed by atoms with E-state index in [0.717, 1.165) is 30.4 Å². The largest absolute Gasteiger partial charge is 0.488 e. The highest BCUT2D eigenvalue weighted by atomic mass is 16.5. The van der Waals surface area contributed by atoms with Gasteiger partial charge in [0.1, 0.15) is 11.4 Å². The standard InChI is InChI=1S/C20H34N4O/c1-6-24-12-11-16(15-24)13-22-19(21-5)23-14-17-9-7-8-10-18(17)25-20(2,3)4/h7-10,16H,6,11-15H2,1-5H3,(H2,21,22,23). The van der Waals surface area contributed by atoms with Gasteiger partial charge in [-0.1, -0.05) is 25.1 Å². The highest BCUT2D eigenvalue weighted by Crippen LogP contribution is 2.22. The molecular formula is C20H34N4O. The molecule has 1 atom stereocenters. The number of aliphatic imine (C=N–C) groups is 1. The average molecular weight is 347 g/mol. The van der Waals surface area contributed by atoms with Gasteiger partial charge in [0.15, 0.2) is 5.96 Å². The molecule has 0 spiro atoms. The van der Waals surface area contributed by atoms with Crippen molar-refractivity contribution in [3.05, 3.63) is 29.8 Å². The van der Waals surface area contributed by atoms with Gasteiger partial charge < -0.3 is 20.3 Å². The second-order valence-electron chi connectivity index (χ2n) is 7.68. The van der Waals surface area contributed by atoms with Gasteiger partial charge in [-0.2, -0.15) is 0 Å². The third-order valence-electron chi connectivity index (χ3n) is 4.43. The first kappa shape index (κ1) is 19.6. The number of ether oxygens (including phenoxy) is 1. The molecule has 1 saturated heterocycles. The summed E-state index contributed by atoms with van der Waals surface area (Å²) in [5.41, 5.74) is 0.933. The summed E-state index contributed by atoms with van der Waals surface area (Å²) in [4.78, 5) is 6.85. The van der Waals surface area contributed by atoms with Gasteiger partial charge in [0, 0.05) is 32.2 Å². The molecule has 1 heterocycles. The van der Waals surface area contributed by atoms with Crippen molar-refractivity contribution in [2.75, 3.05) is 33.2 Å². The molecule has 0 amide bonds. The molecule has 1 unspecified atom stereocenters. The molecular weight excluding hydrogens is 312 g/mol. The Balaban J connectivity index is 1.85. The van der Waals surface area contributed by atoms with E-state index in [2.05, 4.69) is 54.3 Å². The minimum Gasteiger partial charge on any atom is -0.488 e. The fourth-order valence-electron chi connectivity index (χ4n) is 3.09. The zero-order chi connectivity index (χ0) is 18.3. The van der Waals surface area contributed by atoms with Crippen LogP contribution < -0.4 is 15.4 Å². The molecule has 5 nitrogen and oxygen atoms in total. The fraction of sp³-hybridized carbons (Fsp3) is 0.650. The molecule has 2 rings (SSSR count). The van der Waals surface area contributed by atoms with Crippen LogP contribution in [0.2, 0.25) is 0 Å². The molecule has 5 heteroatoms. The van der Waals surface area contributed by atoms with Crippen LogP contribution in [-0.2, 0) is 6.54 Å². The molecule has 0 aromatic heterocycles. The molecule has 0 radical (unpaired) electrons. The predicted octanol–water partition coefficient (Wildman–Crippen LogP) is 2.87. The zero-order valence-corrected chi connectivity index (χ0v) is 16.4. The molecule has 0 saturated carbocycles. The summed E-state index contributed by atoms with van der Waals surface area (Å²) in [5, 5.41) is 6.87. The Labute approximate surface area is 152 Å². The highest BCUT2D eigenvalue weighted by molar-refractivity contribution is 5.79. The topological polar surface area (TPSA) is 48.9 Å². The second kappa shape index (κ2) is 9.09. The number of nitrogens with one attached hydrogen (secondary N) is 2. The van der Waals surface area contributed by atoms with Crippen molar-refractivity contribution >= 4 is 5.96 Å². The summed E-state index contributed by atoms with van der Waals surface area (Å²) in [6.45, 7) is 13.6. The maximum Gasteiger partial charge on any atom is 0.191 e. The van der Waals surface area contributed by atoms with Gasteiger partial charge in [-0.05, 0) is 52.3 Å². The number of benzene rings is 1. The van der Waals surface area contributed by atoms with E-state index in [4.69, 9.17) is 4.74 Å². The number of hydrogen-bond donors (Lipinski definition) is 2. The smallest absolute Gasteiger partial charge is 0.191 e. The molecule has 140 valence electrons. The van der Waals surface area contributed by atoms with Crippen molar-refractivity contribution in [3.8, 4) is 5.75 Å². The maximum atomic E-state index is 6.06. The van der Waals surface area contributed by atoms with E-state index < -0.39 is 0 Å². The zero-order valence-electron chi connectivity index (χ0n) is 16.4. The number of hydrogen-bond acceptors (Lipinski definition) is 3. The lowest BCUT2D eigenvalue weighted by Crippen LogP contribution is -2.40. The molecule has 1 aromatic rings. The van der Waals surface area contributed by atoms with Crippen LogP contribution in [0.3, 0.4) is 0 Å². The second-order valence-corrected chi connectivity index (χ2v) is 7.68. The van der Waals surface area contributed by atoms with Crippen molar-refractivity contribution < 1.29 is 4.74 Å². The summed E-state index contributed by atoms with van der Waals surface area (Å²) in [6, 6.07) is 8.17. The van der Waals surface area contributed by atoms with E-state index in [9.17, 15) is 0 Å². The Morgan fingerprint density at radius 1 is 1.28 bits per heavy atom. The van der Waals surface area contributed by atoms with Crippen LogP contribution in [0.1, 0.15) is 39.7 Å². The van der Waals surface area contributed by atoms with Gasteiger partial charge in [-0.25, -0.2) is 0 Å². The molecule has 1 aliphatic rings. The molecule has 0 aliphatic carbocycles. The normalized spacial score (nSPS) is 19.1. The number of nitrogens with zero attached hydrogens (tertiary/aromatic N) is 2. The summed E-state index contributed by atoms with van der Waals surface area (Å²) in [5.74, 6) is 2.47. The van der Waals surface area contributed by atoms with Gasteiger partial charge in [0.05, 0.1) is 0 Å². The third-order valence-corrected chi connectivity index (χ3v) is 4.43. The van der Waals surface area contributed by atoms with Gasteiger partial charge in [0.2, 0.25) is 0 Å². The predicted molar refractivity (Wildman–Crippen MR) is 105 cm³/mol. The highest BCUT2D eigenvalue weighted by Gasteiger charge is 2.21. The number of para-hydroxylation sites is 1. The van der Waals surface area contributed by atoms with Crippen LogP contribution in [0.15, 0.2) is 29.3 Å². The maximum absolute atomic E-state index is 6.06. The monoisotopic (exact) mass is 346 g/mol. The van der Waals surface area contributed by atoms with Crippen molar-refractivity contribution in [2.45, 2.75) is 46.3 Å². The average Bonchev–Trinajstić information content (AvgIpc) is 3.03. The van der Waals surface area contributed by atoms with Crippen molar-refractivity contribution in [3.63, 3.8) is 0 Å². The van der Waals surface area contributed by atoms with Gasteiger partial charge >= 0.3 is 0 Å². The van der Waals surface area contributed by atoms with E-state index in [0.29, 0.717) is 12.5 Å². The lowest BCUT2D eigenvalue weighted by Gasteiger charge is -2.23. The minimum absolute atomic E-state index is 0.205. The van der Waals surface area contributed by atoms with Gasteiger partial charge in [-0.15, -0.1) is 0 Å². The van der Waals surface area contributed by atoms with Crippen LogP contribution in [0, 0.1) is 5.92 Å². The van der Waals surface area contributed by atoms with Crippen LogP contribution in [0.5, 0.6) is 5.75 Å². The van der Waals surface area contributed by atoms with Crippen LogP contribution >= 0.6 is 0 Å². The summed E-state index contributed by atoms with van der Waals surface area (Å²) >= 11 is 0. The first-order valence-electron chi connectivity index (χ1n) is 9.35. The molecule has 1 fully saturated rings. The fourth-order valence-corrected chi connectivity index (χ4v) is 3.09. The van der Waals surface area contributed by atoms with E-state index in [1.807, 2.05) is 25.2 Å². The number of guanidine groups is 1. The molecule has 25 heavy (non-hydrogen) atoms. The third kappa shape index (κ3) is 6.58. The van der Waals surface area contributed by atoms with Gasteiger partial charge in [0.25, 0.3) is 0 Å². The van der Waals surface area contributed by atoms with E-state index >= 15 is 0 Å². The number of rotatable bonds is 6. The van der Waals surface area contributed by atoms with Crippen molar-refractivity contribution in [1.29, 1.82) is 0 Å². The molecule has 0 bridgehead atoms. The van der Waals surface area contributed by atoms with Crippen LogP contribution in [0.25, 0.3) is 0 Å². The molecule has 1 aromatic carbocycles. The Bertz CT molecular complexity index is 565. The minimum atomic E-state index is -0.205. The van der Waals surface area contributed by atoms with Gasteiger partial charge in [-0.3, -0.25) is 4.99 Å². The lowest BCUT2D eigenvalue weighted by atomic mass is 10.1. The molecule has 1 aliphatic heterocycles. The molecule has 2 N–H and O–H groups in total. The Kier molecular flexibility index (Phi) is 7.12. The lowest BCUT2D eigenvalue weighted by molar-refractivity contribution is 0.129. The first-order chi connectivity index (χ1) is 11.9. The van der Waals surface area contributed by atoms with Crippen molar-refractivity contribution in [1.82, 2.24) is 15.5 Å². The van der Waals surface area contributed by atoms with E-state index in [1.54, 1.807) is 0 Å². The Morgan fingerprint density at radius 2 is 2.04 bits per heavy atom. The van der Waals surface area contributed by atoms with E-state index in [-0.39, 0.29) is 5.60 Å². The van der Waals surface area contributed by atoms with E-state index in [1.165, 1.54) is 19.5 Å². The first-order valence-corrected chi connectivity index (χ1v) is 9.35. The summed E-state index contributed by atoms with van der Waals surface area (Å²) in [6.07, 6.45) is 1.26. The Morgan fingerprint density at radius 3 is 2.68 bits per heavy atom. The quantitative estimate of drug-likeness (QED) is 0.614. The summed E-state index contributed by atoms with van der Waals surface area (Å²) in [7, 11) is 1.82.